The van der Waals surface area contributed by atoms with E-state index in [1.807, 2.05) is 0 Å². The molecule has 0 N–H and O–H groups in total. The Morgan fingerprint density at radius 1 is 0.500 bits per heavy atom. The summed E-state index contributed by atoms with van der Waals surface area (Å²) in [6.45, 7) is 7.00. The maximum atomic E-state index is 2.77. The van der Waals surface area contributed by atoms with Crippen molar-refractivity contribution in [3.8, 4) is 0 Å². The fraction of sp³-hybridized carbons (Fsp3) is 1.00. The Hall–Kier alpha value is 0.799. The molecule has 0 unspecified atom stereocenters. The molecule has 0 aromatic heterocycles. The summed E-state index contributed by atoms with van der Waals surface area (Å²) < 4.78 is 5.04. The topological polar surface area (TPSA) is 0 Å². The summed E-state index contributed by atoms with van der Waals surface area (Å²) in [7, 11) is 0. The van der Waals surface area contributed by atoms with Crippen LogP contribution in [0.4, 0.5) is 0 Å². The Morgan fingerprint density at radius 2 is 0.833 bits per heavy atom. The van der Waals surface area contributed by atoms with Crippen molar-refractivity contribution in [1.29, 1.82) is 0 Å². The van der Waals surface area contributed by atoms with Crippen LogP contribution in [-0.2, 0) is 0 Å². The predicted molar refractivity (Wildman–Crippen MR) is 89.2 cm³/mol. The van der Waals surface area contributed by atoms with E-state index in [-0.39, 0.29) is 0 Å². The molecule has 1 heteroatoms. The van der Waals surface area contributed by atoms with Gasteiger partial charge in [0, 0.05) is 0 Å². The van der Waals surface area contributed by atoms with Crippen molar-refractivity contribution in [3.05, 3.63) is 0 Å². The molecule has 0 atom stereocenters. The Morgan fingerprint density at radius 3 is 1.22 bits per heavy atom. The van der Waals surface area contributed by atoms with Gasteiger partial charge >= 0.3 is 122 Å². The standard InChI is InChI=1S/C6H13.2C5H11.CH3.Sn/c1-3-5-6-4-2;2*1-3-5-4-2;;/h1,3-6H2,2H3;2*1,3-5H2,2H3;1H3;. The van der Waals surface area contributed by atoms with Crippen LogP contribution in [0.2, 0.25) is 18.2 Å². The zero-order chi connectivity index (χ0) is 13.7. The molecule has 0 radical (unpaired) electrons. The molecule has 0 amide bonds. The Balaban J connectivity index is 3.95. The second-order valence-corrected chi connectivity index (χ2v) is 21.2. The van der Waals surface area contributed by atoms with E-state index in [1.54, 1.807) is 32.6 Å². The first-order valence-electron chi connectivity index (χ1n) is 8.68. The first-order valence-corrected chi connectivity index (χ1v) is 17.6. The average Bonchev–Trinajstić information content (AvgIpc) is 2.36. The van der Waals surface area contributed by atoms with Gasteiger partial charge in [0.05, 0.1) is 0 Å². The molecule has 0 aromatic carbocycles. The normalized spacial score (nSPS) is 12.0. The van der Waals surface area contributed by atoms with E-state index in [0.29, 0.717) is 0 Å². The van der Waals surface area contributed by atoms with E-state index in [1.165, 1.54) is 44.9 Å². The van der Waals surface area contributed by atoms with Gasteiger partial charge in [-0.05, 0) is 0 Å². The fourth-order valence-corrected chi connectivity index (χ4v) is 14.5. The van der Waals surface area contributed by atoms with Gasteiger partial charge < -0.3 is 0 Å². The summed E-state index contributed by atoms with van der Waals surface area (Å²) in [5.74, 6) is 0. The van der Waals surface area contributed by atoms with Crippen molar-refractivity contribution in [2.45, 2.75) is 103 Å². The SMILES string of the molecule is CCCCC[CH2][Sn]([CH3])([CH2]CCCC)[CH2]CCCC. The van der Waals surface area contributed by atoms with Crippen molar-refractivity contribution in [2.24, 2.45) is 0 Å². The summed E-state index contributed by atoms with van der Waals surface area (Å²) in [5, 5.41) is 0. The molecule has 0 aromatic rings. The van der Waals surface area contributed by atoms with Crippen LogP contribution in [-0.4, -0.2) is 18.4 Å². The monoisotopic (exact) mass is 362 g/mol. The summed E-state index contributed by atoms with van der Waals surface area (Å²) in [6.07, 6.45) is 14.8. The molecule has 0 spiro atoms. The van der Waals surface area contributed by atoms with Gasteiger partial charge in [0.15, 0.2) is 0 Å². The molecular weight excluding hydrogens is 323 g/mol. The first-order chi connectivity index (χ1) is 8.68. The van der Waals surface area contributed by atoms with Crippen LogP contribution in [0, 0.1) is 0 Å². The fourth-order valence-electron chi connectivity index (χ4n) is 2.96. The third-order valence-electron chi connectivity index (χ3n) is 4.40. The van der Waals surface area contributed by atoms with E-state index >= 15 is 0 Å². The molecule has 0 nitrogen and oxygen atoms in total. The van der Waals surface area contributed by atoms with E-state index in [9.17, 15) is 0 Å². The van der Waals surface area contributed by atoms with Crippen molar-refractivity contribution in [2.75, 3.05) is 0 Å². The first kappa shape index (κ1) is 18.8. The number of unbranched alkanes of at least 4 members (excludes halogenated alkanes) is 7. The number of rotatable bonds is 13. The van der Waals surface area contributed by atoms with Gasteiger partial charge in [0.25, 0.3) is 0 Å². The molecule has 0 bridgehead atoms. The van der Waals surface area contributed by atoms with Gasteiger partial charge in [-0.3, -0.25) is 0 Å². The Bertz CT molecular complexity index is 155. The molecule has 18 heavy (non-hydrogen) atoms. The van der Waals surface area contributed by atoms with Crippen LogP contribution in [0.1, 0.15) is 85.0 Å². The van der Waals surface area contributed by atoms with Crippen LogP contribution in [0.5, 0.6) is 0 Å². The van der Waals surface area contributed by atoms with Crippen molar-refractivity contribution < 1.29 is 0 Å². The summed E-state index contributed by atoms with van der Waals surface area (Å²) >= 11 is -1.65. The zero-order valence-corrected chi connectivity index (χ0v) is 16.5. The molecular formula is C17H38Sn. The third-order valence-corrected chi connectivity index (χ3v) is 17.8. The number of hydrogen-bond acceptors (Lipinski definition) is 0. The van der Waals surface area contributed by atoms with E-state index in [4.69, 9.17) is 0 Å². The van der Waals surface area contributed by atoms with Gasteiger partial charge in [-0.2, -0.15) is 0 Å². The van der Waals surface area contributed by atoms with Gasteiger partial charge in [-0.1, -0.05) is 0 Å². The minimum atomic E-state index is -1.65. The van der Waals surface area contributed by atoms with Crippen LogP contribution < -0.4 is 0 Å². The quantitative estimate of drug-likeness (QED) is 0.244. The van der Waals surface area contributed by atoms with Crippen LogP contribution >= 0.6 is 0 Å². The van der Waals surface area contributed by atoms with Crippen molar-refractivity contribution >= 4 is 18.4 Å². The van der Waals surface area contributed by atoms with Crippen molar-refractivity contribution in [3.63, 3.8) is 0 Å². The van der Waals surface area contributed by atoms with Crippen LogP contribution in [0.15, 0.2) is 0 Å². The number of hydrogen-bond donors (Lipinski definition) is 0. The molecule has 0 heterocycles. The zero-order valence-electron chi connectivity index (χ0n) is 13.7. The second kappa shape index (κ2) is 12.8. The van der Waals surface area contributed by atoms with Gasteiger partial charge in [-0.25, -0.2) is 0 Å². The molecule has 0 saturated carbocycles. The molecule has 0 aliphatic heterocycles. The molecule has 0 saturated heterocycles. The van der Waals surface area contributed by atoms with Gasteiger partial charge in [-0.15, -0.1) is 0 Å². The summed E-state index contributed by atoms with van der Waals surface area (Å²) in [4.78, 5) is 2.77. The minimum absolute atomic E-state index is 1.39. The Labute approximate surface area is 121 Å². The molecule has 0 aliphatic carbocycles. The summed E-state index contributed by atoms with van der Waals surface area (Å²) in [6, 6.07) is 0. The summed E-state index contributed by atoms with van der Waals surface area (Å²) in [5.41, 5.74) is 0. The molecule has 0 fully saturated rings. The third kappa shape index (κ3) is 10.7. The maximum absolute atomic E-state index is 2.77. The van der Waals surface area contributed by atoms with E-state index < -0.39 is 18.4 Å². The Kier molecular flexibility index (Phi) is 13.4. The molecule has 0 rings (SSSR count). The predicted octanol–water partition coefficient (Wildman–Crippen LogP) is 7.03. The van der Waals surface area contributed by atoms with E-state index in [2.05, 4.69) is 25.7 Å². The van der Waals surface area contributed by atoms with Crippen LogP contribution in [0.25, 0.3) is 0 Å². The van der Waals surface area contributed by atoms with Gasteiger partial charge in [0.2, 0.25) is 0 Å². The second-order valence-electron chi connectivity index (χ2n) is 6.54. The van der Waals surface area contributed by atoms with Crippen molar-refractivity contribution in [1.82, 2.24) is 0 Å². The van der Waals surface area contributed by atoms with E-state index in [0.717, 1.165) is 0 Å². The van der Waals surface area contributed by atoms with Crippen LogP contribution in [0.3, 0.4) is 0 Å². The molecule has 110 valence electrons. The average molecular weight is 361 g/mol. The molecule has 0 aliphatic rings. The van der Waals surface area contributed by atoms with Gasteiger partial charge in [0.1, 0.15) is 0 Å².